The fraction of sp³-hybridized carbons (Fsp3) is 0.493. The molecule has 20 atom stereocenters. The minimum absolute atomic E-state index is 0. The number of phenolic OH excluding ortho intramolecular Hbond substituents is 3. The van der Waals surface area contributed by atoms with Crippen LogP contribution in [0.3, 0.4) is 0 Å². The van der Waals surface area contributed by atoms with Crippen LogP contribution in [0.5, 0.6) is 46.0 Å². The maximum atomic E-state index is 15.6. The Morgan fingerprint density at radius 2 is 1.40 bits per heavy atom. The van der Waals surface area contributed by atoms with E-state index in [9.17, 15) is 75.0 Å². The number of primary amides is 1. The number of phenols is 3. The van der Waals surface area contributed by atoms with Gasteiger partial charge in [-0.15, -0.1) is 23.2 Å². The van der Waals surface area contributed by atoms with Crippen LogP contribution >= 0.6 is 0 Å². The summed E-state index contributed by atoms with van der Waals surface area (Å²) in [4.78, 5) is 103. The van der Waals surface area contributed by atoms with E-state index in [0.29, 0.717) is 0 Å². The van der Waals surface area contributed by atoms with E-state index in [0.717, 1.165) is 18.2 Å². The number of aromatic hydroxyl groups is 3. The number of hydrogen-bond donors (Lipinski definition) is 21. The minimum Gasteiger partial charge on any atom is -0.508 e. The second kappa shape index (κ2) is 40.1. The van der Waals surface area contributed by atoms with Gasteiger partial charge in [-0.25, -0.2) is 4.79 Å². The number of aliphatic hydroxyl groups is 6. The monoisotopic (exact) mass is 1670 g/mol. The maximum absolute atomic E-state index is 15.6. The first kappa shape index (κ1) is 93.3. The number of carbonyl (C=O) groups excluding carboxylic acids is 6. The van der Waals surface area contributed by atoms with Gasteiger partial charge in [-0.2, -0.15) is 12.1 Å². The van der Waals surface area contributed by atoms with E-state index >= 15 is 9.59 Å². The number of aliphatic hydroxyl groups excluding tert-OH is 6. The number of likely N-dealkylation sites (N-methyl/N-ethyl adjacent to an activating group) is 1. The summed E-state index contributed by atoms with van der Waals surface area (Å²) in [7, 11) is 1.51. The molecule has 9 bridgehead atoms. The van der Waals surface area contributed by atoms with Gasteiger partial charge in [0.05, 0.1) is 62.1 Å². The zero-order valence-electron chi connectivity index (χ0n) is 63.3. The van der Waals surface area contributed by atoms with Crippen molar-refractivity contribution in [3.63, 3.8) is 0 Å². The molecule has 3 saturated heterocycles. The third-order valence-corrected chi connectivity index (χ3v) is 19.4. The molecule has 0 aliphatic carbocycles. The van der Waals surface area contributed by atoms with Crippen LogP contribution in [0.4, 0.5) is 0 Å². The number of hydrogen-bond acceptors (Lipinski definition) is 31. The Morgan fingerprint density at radius 3 is 1.96 bits per heavy atom. The SMILES string of the molecule is CN[C@H](CC(C)C)C(=O)N[C@H]1C(=O)N[C@@H](CC(N)=O)C(=O)N[C@H]2C(=O)NCc3ccc(O)c(c3)-c3c(O)cc(O)cc3[C@@H](C(=O)O)NC(=O)C[C@H](O[C@H]3C[C@](C)(N)[C@@H](O)[C@H](C)O3)c3ccc(c(C)c3)Oc3cc2cc(c3O[C@@H]2O[C@H](CO)[C@@H](O)[C@H](O)[C@H]2O[C@H]2C[C@](C)(N)[C@@H](O)[C@H](C)O2)Oc2[c-]cc(cc2)[C@H]1O.N.N#N.[N-]=[N+]=N.[Y]. The number of fused-ring (bicyclic) bond motifs is 16. The normalized spacial score (nSPS) is 29.2. The van der Waals surface area contributed by atoms with E-state index in [1.54, 1.807) is 25.7 Å². The molecule has 114 heavy (non-hydrogen) atoms. The van der Waals surface area contributed by atoms with Crippen molar-refractivity contribution < 1.29 is 155 Å². The summed E-state index contributed by atoms with van der Waals surface area (Å²) in [5, 5.41) is 141. The number of nitrogens with one attached hydrogen (secondary N) is 7. The van der Waals surface area contributed by atoms with Crippen LogP contribution < -0.4 is 69.5 Å². The van der Waals surface area contributed by atoms with Crippen molar-refractivity contribution in [2.75, 3.05) is 13.7 Å². The molecule has 6 amide bonds. The van der Waals surface area contributed by atoms with Crippen molar-refractivity contribution in [3.05, 3.63) is 129 Å². The van der Waals surface area contributed by atoms with E-state index in [4.69, 9.17) is 76.9 Å². The Kier molecular flexibility index (Phi) is 32.8. The number of amides is 6. The zero-order valence-corrected chi connectivity index (χ0v) is 66.2. The van der Waals surface area contributed by atoms with Gasteiger partial charge in [0, 0.05) is 102 Å². The third-order valence-electron chi connectivity index (χ3n) is 19.4. The molecular weight excluding hydrogens is 1580 g/mol. The molecule has 7 aliphatic rings. The molecule has 617 valence electrons. The summed E-state index contributed by atoms with van der Waals surface area (Å²) in [6.45, 7) is 9.94. The number of aryl methyl sites for hydroxylation is 1. The molecule has 41 heteroatoms. The van der Waals surface area contributed by atoms with Crippen LogP contribution in [0, 0.1) is 35.2 Å². The van der Waals surface area contributed by atoms with E-state index < -0.39 is 234 Å². The predicted octanol–water partition coefficient (Wildman–Crippen LogP) is 1.56. The number of benzene rings is 5. The summed E-state index contributed by atoms with van der Waals surface area (Å²) >= 11 is 0. The standard InChI is InChI=1S/C73H92N9O25.HN3.N2.H3N.Y/c1-30(2)17-42(77-8)66(94)82-58-59(89)35-10-13-39(14-11-35)102-48-20-37-21-49(62(48)107-71-63(61(91)60(90)50(29-83)105-71)106-54-27-73(7,76)65(93)33(5)101-54)103-46-16-12-36(18-31(46)3)47(104-53-26-72(6,75)64(92)32(4)100-53)25-52(88)80-57(70(98)99)41-22-38(84)23-45(86)55(41)40-19-34(9-15-44(40)85)28-78-68(96)56(37)81-67(95)43(24-51(74)87)79-69(58)97;1-3-2;1-2;;/h9-13,15-16,18-23,30,32-33,42-43,47,50,53-54,56-61,63-65,71,77,83-86,89-93H,17,24-29,75-76H2,1-8H3,(H2,74,87)(H,78,96)(H,79,97)(H,80,88)(H,81,95)(H,82,94)(H,98,99);1H;;1H3;/q-1;;;;/t32-,33-,42+,43-,47-,50+,53-,54-,56+,57-,58+,59+,60+,61-,63+,64-,65-,71-,72-,73-;;;;/m0..../s1. The quantitative estimate of drug-likeness (QED) is 0.0232. The molecule has 0 aromatic heterocycles. The molecule has 12 rings (SSSR count). The maximum Gasteiger partial charge on any atom is 0.330 e. The smallest absolute Gasteiger partial charge is 0.330 e. The number of aliphatic carboxylic acids is 1. The second-order valence-electron chi connectivity index (χ2n) is 28.7. The summed E-state index contributed by atoms with van der Waals surface area (Å²) in [6.07, 6.45) is -21.2. The van der Waals surface area contributed by atoms with Crippen LogP contribution in [-0.2, 0) is 96.5 Å². The van der Waals surface area contributed by atoms with Gasteiger partial charge in [-0.3, -0.25) is 28.8 Å². The second-order valence-corrected chi connectivity index (χ2v) is 28.7. The molecule has 5 aromatic rings. The largest absolute Gasteiger partial charge is 0.508 e. The van der Waals surface area contributed by atoms with Gasteiger partial charge in [-0.05, 0) is 129 Å². The van der Waals surface area contributed by atoms with Crippen LogP contribution in [0.25, 0.3) is 21.6 Å². The molecule has 0 saturated carbocycles. The Balaban J connectivity index is 0.00000282. The van der Waals surface area contributed by atoms with Gasteiger partial charge < -0.3 is 144 Å². The Hall–Kier alpha value is -9.58. The topological polar surface area (TPSA) is 689 Å². The van der Waals surface area contributed by atoms with Crippen LogP contribution in [0.2, 0.25) is 0 Å². The number of nitrogens with zero attached hydrogens (tertiary/aromatic N) is 4. The number of carboxylic acids is 1. The minimum atomic E-state index is -2.10. The molecule has 5 aromatic carbocycles. The molecule has 7 aliphatic heterocycles. The Bertz CT molecular complexity index is 4310. The van der Waals surface area contributed by atoms with Crippen molar-refractivity contribution in [1.29, 1.82) is 16.3 Å². The summed E-state index contributed by atoms with van der Waals surface area (Å²) < 4.78 is 51.6. The van der Waals surface area contributed by atoms with E-state index in [1.807, 2.05) is 13.8 Å². The average Bonchev–Trinajstić information content (AvgIpc) is 0.775. The van der Waals surface area contributed by atoms with Crippen molar-refractivity contribution in [3.8, 4) is 57.1 Å². The van der Waals surface area contributed by atoms with Crippen molar-refractivity contribution in [2.45, 2.75) is 208 Å². The molecular formula is C73H96N15O25Y-. The Labute approximate surface area is 678 Å². The number of carbonyl (C=O) groups is 7. The van der Waals surface area contributed by atoms with Crippen LogP contribution in [0.1, 0.15) is 131 Å². The zero-order chi connectivity index (χ0) is 82.7. The van der Waals surface area contributed by atoms with Crippen molar-refractivity contribution in [1.82, 2.24) is 38.1 Å². The van der Waals surface area contributed by atoms with Gasteiger partial charge >= 0.3 is 5.97 Å². The van der Waals surface area contributed by atoms with Crippen molar-refractivity contribution >= 4 is 41.4 Å². The first-order valence-corrected chi connectivity index (χ1v) is 35.3. The fourth-order valence-corrected chi connectivity index (χ4v) is 13.6. The fourth-order valence-electron chi connectivity index (χ4n) is 13.6. The molecule has 1 radical (unpaired) electrons. The van der Waals surface area contributed by atoms with Crippen LogP contribution in [-0.4, -0.2) is 203 Å². The number of rotatable bonds is 15. The summed E-state index contributed by atoms with van der Waals surface area (Å²) in [6, 6.07) is 9.81. The molecule has 0 unspecified atom stereocenters. The molecule has 26 N–H and O–H groups in total. The summed E-state index contributed by atoms with van der Waals surface area (Å²) in [5.41, 5.74) is 27.5. The van der Waals surface area contributed by atoms with E-state index in [2.05, 4.69) is 38.0 Å². The van der Waals surface area contributed by atoms with Gasteiger partial charge in [0.1, 0.15) is 59.4 Å². The van der Waals surface area contributed by atoms with Crippen LogP contribution in [0.15, 0.2) is 78.9 Å². The average molecular weight is 1670 g/mol. The van der Waals surface area contributed by atoms with Crippen molar-refractivity contribution in [2.24, 2.45) is 23.1 Å². The van der Waals surface area contributed by atoms with Gasteiger partial charge in [0.2, 0.25) is 47.5 Å². The molecule has 3 fully saturated rings. The first-order chi connectivity index (χ1) is 52.8. The first-order valence-electron chi connectivity index (χ1n) is 35.3. The van der Waals surface area contributed by atoms with Gasteiger partial charge in [-0.1, -0.05) is 26.0 Å². The predicted molar refractivity (Wildman–Crippen MR) is 391 cm³/mol. The number of carboxylic acid groups (broad SMARTS) is 1. The van der Waals surface area contributed by atoms with E-state index in [1.165, 1.54) is 81.6 Å². The summed E-state index contributed by atoms with van der Waals surface area (Å²) in [5.74, 6) is -12.1. The Morgan fingerprint density at radius 1 is 0.789 bits per heavy atom. The van der Waals surface area contributed by atoms with E-state index in [-0.39, 0.29) is 109 Å². The number of ether oxygens (including phenoxy) is 8. The molecule has 7 heterocycles. The molecule has 0 spiro atoms. The number of nitrogens with two attached hydrogens (primary N) is 3. The molecule has 40 nitrogen and oxygen atoms in total. The van der Waals surface area contributed by atoms with Gasteiger partial charge in [0.15, 0.2) is 36.2 Å². The van der Waals surface area contributed by atoms with Gasteiger partial charge in [0.25, 0.3) is 0 Å². The third kappa shape index (κ3) is 22.3.